The molecule has 1 fully saturated rings. The van der Waals surface area contributed by atoms with E-state index in [1.807, 2.05) is 24.4 Å². The fraction of sp³-hybridized carbons (Fsp3) is 0.333. The predicted molar refractivity (Wildman–Crippen MR) is 129 cm³/mol. The fourth-order valence-corrected chi connectivity index (χ4v) is 4.79. The Labute approximate surface area is 195 Å². The van der Waals surface area contributed by atoms with Crippen molar-refractivity contribution in [1.82, 2.24) is 15.2 Å². The summed E-state index contributed by atoms with van der Waals surface area (Å²) in [6.45, 7) is 2.33. The highest BCUT2D eigenvalue weighted by molar-refractivity contribution is 5.83. The predicted octanol–water partition coefficient (Wildman–Crippen LogP) is 3.95. The number of methoxy groups -OCH3 is 2. The van der Waals surface area contributed by atoms with E-state index >= 15 is 0 Å². The second-order valence-corrected chi connectivity index (χ2v) is 8.63. The summed E-state index contributed by atoms with van der Waals surface area (Å²) in [5.41, 5.74) is 4.04. The zero-order chi connectivity index (χ0) is 23.3. The third kappa shape index (κ3) is 5.01. The van der Waals surface area contributed by atoms with Crippen LogP contribution in [0, 0.1) is 5.41 Å². The van der Waals surface area contributed by atoms with Crippen molar-refractivity contribution in [3.05, 3.63) is 78.1 Å². The molecule has 0 bridgehead atoms. The largest absolute Gasteiger partial charge is 0.493 e. The lowest BCUT2D eigenvalue weighted by molar-refractivity contribution is -0.130. The van der Waals surface area contributed by atoms with E-state index in [9.17, 15) is 4.79 Å². The van der Waals surface area contributed by atoms with Gasteiger partial charge in [0.25, 0.3) is 0 Å². The van der Waals surface area contributed by atoms with Crippen molar-refractivity contribution < 1.29 is 14.3 Å². The first kappa shape index (κ1) is 22.8. The van der Waals surface area contributed by atoms with Gasteiger partial charge in [0.15, 0.2) is 11.5 Å². The molecule has 0 aliphatic carbocycles. The average molecular weight is 446 g/mol. The van der Waals surface area contributed by atoms with Crippen LogP contribution in [0.15, 0.2) is 67.0 Å². The number of hydrogen-bond acceptors (Lipinski definition) is 5. The number of nitrogens with one attached hydrogen (secondary N) is 1. The van der Waals surface area contributed by atoms with Crippen LogP contribution in [0.25, 0.3) is 11.1 Å². The lowest BCUT2D eigenvalue weighted by Crippen LogP contribution is -2.43. The van der Waals surface area contributed by atoms with Crippen LogP contribution in [-0.4, -0.2) is 50.1 Å². The molecule has 1 aliphatic heterocycles. The Hall–Kier alpha value is -3.38. The first-order chi connectivity index (χ1) is 16.1. The van der Waals surface area contributed by atoms with Crippen molar-refractivity contribution in [2.45, 2.75) is 19.4 Å². The number of rotatable bonds is 8. The van der Waals surface area contributed by atoms with Crippen LogP contribution in [0.1, 0.15) is 17.5 Å². The molecule has 1 aromatic heterocycles. The quantitative estimate of drug-likeness (QED) is 0.569. The summed E-state index contributed by atoms with van der Waals surface area (Å²) in [6, 6.07) is 18.4. The fourth-order valence-electron chi connectivity index (χ4n) is 4.79. The Bertz CT molecular complexity index is 1100. The molecular weight excluding hydrogens is 414 g/mol. The van der Waals surface area contributed by atoms with Crippen molar-refractivity contribution in [3.8, 4) is 22.6 Å². The summed E-state index contributed by atoms with van der Waals surface area (Å²) < 4.78 is 10.8. The van der Waals surface area contributed by atoms with Crippen LogP contribution in [-0.2, 0) is 17.8 Å². The molecule has 1 aliphatic rings. The second-order valence-electron chi connectivity index (χ2n) is 8.63. The van der Waals surface area contributed by atoms with Gasteiger partial charge in [-0.15, -0.1) is 0 Å². The van der Waals surface area contributed by atoms with E-state index in [1.165, 1.54) is 0 Å². The number of likely N-dealkylation sites (tertiary alicyclic amines) is 1. The lowest BCUT2D eigenvalue weighted by Gasteiger charge is -2.28. The summed E-state index contributed by atoms with van der Waals surface area (Å²) in [6.07, 6.45) is 5.16. The molecule has 1 N–H and O–H groups in total. The van der Waals surface area contributed by atoms with E-state index in [4.69, 9.17) is 9.47 Å². The Balaban J connectivity index is 1.53. The zero-order valence-electron chi connectivity index (χ0n) is 19.5. The minimum absolute atomic E-state index is 0.101. The number of ether oxygens (including phenoxy) is 2. The molecule has 0 spiro atoms. The number of pyridine rings is 1. The zero-order valence-corrected chi connectivity index (χ0v) is 19.5. The van der Waals surface area contributed by atoms with E-state index in [0.29, 0.717) is 13.0 Å². The average Bonchev–Trinajstić information content (AvgIpc) is 3.27. The highest BCUT2D eigenvalue weighted by Crippen LogP contribution is 2.37. The molecule has 6 heteroatoms. The van der Waals surface area contributed by atoms with E-state index in [0.717, 1.165) is 53.3 Å². The van der Waals surface area contributed by atoms with Crippen LogP contribution in [0.3, 0.4) is 0 Å². The van der Waals surface area contributed by atoms with Gasteiger partial charge in [-0.25, -0.2) is 0 Å². The van der Waals surface area contributed by atoms with Crippen molar-refractivity contribution in [1.29, 1.82) is 0 Å². The highest BCUT2D eigenvalue weighted by atomic mass is 16.5. The van der Waals surface area contributed by atoms with Crippen LogP contribution in [0.4, 0.5) is 0 Å². The molecule has 0 radical (unpaired) electrons. The summed E-state index contributed by atoms with van der Waals surface area (Å²) in [5, 5.41) is 2.92. The number of carbonyl (C=O) groups excluding carboxylic acids is 1. The second kappa shape index (κ2) is 10.0. The first-order valence-corrected chi connectivity index (χ1v) is 11.2. The van der Waals surface area contributed by atoms with Crippen LogP contribution in [0.2, 0.25) is 0 Å². The Morgan fingerprint density at radius 1 is 1.03 bits per heavy atom. The van der Waals surface area contributed by atoms with Gasteiger partial charge >= 0.3 is 0 Å². The molecule has 1 saturated heterocycles. The molecule has 1 unspecified atom stereocenters. The Morgan fingerprint density at radius 2 is 1.85 bits per heavy atom. The van der Waals surface area contributed by atoms with Gasteiger partial charge in [0.1, 0.15) is 0 Å². The van der Waals surface area contributed by atoms with Crippen molar-refractivity contribution in [2.24, 2.45) is 5.41 Å². The summed E-state index contributed by atoms with van der Waals surface area (Å²) in [7, 11) is 5.01. The molecule has 1 amide bonds. The SMILES string of the molecule is CNC(=O)C1(Cc2cccc(-c3cccnc3)c2)CCN(Cc2ccc(OC)c(OC)c2)C1. The van der Waals surface area contributed by atoms with Crippen LogP contribution < -0.4 is 14.8 Å². The van der Waals surface area contributed by atoms with Crippen molar-refractivity contribution in [3.63, 3.8) is 0 Å². The smallest absolute Gasteiger partial charge is 0.227 e. The number of hydrogen-bond donors (Lipinski definition) is 1. The van der Waals surface area contributed by atoms with Gasteiger partial charge in [-0.2, -0.15) is 0 Å². The molecule has 0 saturated carbocycles. The van der Waals surface area contributed by atoms with E-state index < -0.39 is 5.41 Å². The number of nitrogens with zero attached hydrogens (tertiary/aromatic N) is 2. The van der Waals surface area contributed by atoms with Gasteiger partial charge in [0.2, 0.25) is 5.91 Å². The monoisotopic (exact) mass is 445 g/mol. The maximum absolute atomic E-state index is 13.1. The molecule has 1 atom stereocenters. The first-order valence-electron chi connectivity index (χ1n) is 11.2. The Kier molecular flexibility index (Phi) is 6.94. The standard InChI is InChI=1S/C27H31N3O3/c1-28-26(31)27(16-20-6-4-7-22(14-20)23-8-5-12-29-17-23)11-13-30(19-27)18-21-9-10-24(32-2)25(15-21)33-3/h4-10,12,14-15,17H,11,13,16,18-19H2,1-3H3,(H,28,31). The summed E-state index contributed by atoms with van der Waals surface area (Å²) in [4.78, 5) is 19.7. The van der Waals surface area contributed by atoms with Gasteiger partial charge in [-0.1, -0.05) is 36.4 Å². The van der Waals surface area contributed by atoms with Crippen molar-refractivity contribution in [2.75, 3.05) is 34.4 Å². The lowest BCUT2D eigenvalue weighted by atomic mass is 9.79. The maximum Gasteiger partial charge on any atom is 0.227 e. The van der Waals surface area contributed by atoms with Gasteiger partial charge in [0.05, 0.1) is 19.6 Å². The van der Waals surface area contributed by atoms with Crippen LogP contribution in [0.5, 0.6) is 11.5 Å². The van der Waals surface area contributed by atoms with E-state index in [-0.39, 0.29) is 5.91 Å². The molecule has 2 aromatic carbocycles. The molecule has 2 heterocycles. The minimum Gasteiger partial charge on any atom is -0.493 e. The third-order valence-corrected chi connectivity index (χ3v) is 6.46. The highest BCUT2D eigenvalue weighted by Gasteiger charge is 2.44. The molecule has 33 heavy (non-hydrogen) atoms. The third-order valence-electron chi connectivity index (χ3n) is 6.46. The van der Waals surface area contributed by atoms with Gasteiger partial charge < -0.3 is 14.8 Å². The van der Waals surface area contributed by atoms with Gasteiger partial charge in [-0.05, 0) is 59.8 Å². The maximum atomic E-state index is 13.1. The van der Waals surface area contributed by atoms with E-state index in [2.05, 4.69) is 51.6 Å². The number of amides is 1. The van der Waals surface area contributed by atoms with Crippen molar-refractivity contribution >= 4 is 5.91 Å². The minimum atomic E-state index is -0.459. The van der Waals surface area contributed by atoms with E-state index in [1.54, 1.807) is 27.5 Å². The van der Waals surface area contributed by atoms with Gasteiger partial charge in [-0.3, -0.25) is 14.7 Å². The molecule has 3 aromatic rings. The molecular formula is C27H31N3O3. The molecule has 172 valence electrons. The molecule has 6 nitrogen and oxygen atoms in total. The summed E-state index contributed by atoms with van der Waals surface area (Å²) >= 11 is 0. The number of benzene rings is 2. The van der Waals surface area contributed by atoms with Crippen LogP contribution >= 0.6 is 0 Å². The van der Waals surface area contributed by atoms with Gasteiger partial charge in [0, 0.05) is 32.5 Å². The summed E-state index contributed by atoms with van der Waals surface area (Å²) in [5.74, 6) is 1.54. The number of carbonyl (C=O) groups is 1. The topological polar surface area (TPSA) is 63.7 Å². The number of aromatic nitrogens is 1. The normalized spacial score (nSPS) is 18.2. The Morgan fingerprint density at radius 3 is 2.58 bits per heavy atom. The molecule has 4 rings (SSSR count).